The molecule has 0 aliphatic carbocycles. The number of carbonyl (C=O) groups is 1. The smallest absolute Gasteiger partial charge is 0.312 e. The van der Waals surface area contributed by atoms with Gasteiger partial charge in [0.15, 0.2) is 0 Å². The Morgan fingerprint density at radius 3 is 2.64 bits per heavy atom. The van der Waals surface area contributed by atoms with Gasteiger partial charge in [-0.1, -0.05) is 12.1 Å². The molecule has 0 saturated heterocycles. The molecule has 1 unspecified atom stereocenters. The zero-order chi connectivity index (χ0) is 20.1. The van der Waals surface area contributed by atoms with E-state index in [1.165, 1.54) is 11.3 Å². The third-order valence-corrected chi connectivity index (χ3v) is 5.30. The van der Waals surface area contributed by atoms with Gasteiger partial charge in [-0.15, -0.1) is 11.3 Å². The largest absolute Gasteiger partial charge is 0.461 e. The molecular weight excluding hydrogens is 374 g/mol. The van der Waals surface area contributed by atoms with Crippen LogP contribution in [0.5, 0.6) is 0 Å². The molecule has 1 aromatic carbocycles. The predicted molar refractivity (Wildman–Crippen MR) is 109 cm³/mol. The van der Waals surface area contributed by atoms with E-state index in [0.717, 1.165) is 33.3 Å². The van der Waals surface area contributed by atoms with Gasteiger partial charge in [-0.05, 0) is 51.5 Å². The first-order chi connectivity index (χ1) is 13.5. The molecule has 3 rings (SSSR count). The number of hydrogen-bond donors (Lipinski definition) is 0. The Morgan fingerprint density at radius 1 is 1.25 bits per heavy atom. The zero-order valence-corrected chi connectivity index (χ0v) is 17.5. The number of benzene rings is 1. The standard InChI is InChI=1S/C21H25N3O3S/c1-5-26-16(4)21-22-18(13-28-21)11-20(25)27-12-17-6-8-19(9-7-17)24-15(3)10-14(2)23-24/h6-10,13,16H,5,11-12H2,1-4H3. The summed E-state index contributed by atoms with van der Waals surface area (Å²) in [5, 5.41) is 7.24. The SMILES string of the molecule is CCOC(C)c1nc(CC(=O)OCc2ccc(-n3nc(C)cc3C)cc2)cs1. The van der Waals surface area contributed by atoms with E-state index in [1.54, 1.807) is 0 Å². The van der Waals surface area contributed by atoms with E-state index in [-0.39, 0.29) is 25.1 Å². The highest BCUT2D eigenvalue weighted by Gasteiger charge is 2.13. The molecule has 0 saturated carbocycles. The van der Waals surface area contributed by atoms with Crippen molar-refractivity contribution in [3.05, 3.63) is 63.4 Å². The molecule has 3 aromatic rings. The first kappa shape index (κ1) is 20.2. The minimum absolute atomic E-state index is 0.0551. The summed E-state index contributed by atoms with van der Waals surface area (Å²) in [4.78, 5) is 16.6. The number of rotatable bonds is 8. The first-order valence-corrected chi connectivity index (χ1v) is 10.2. The highest BCUT2D eigenvalue weighted by molar-refractivity contribution is 7.09. The summed E-state index contributed by atoms with van der Waals surface area (Å²) in [6, 6.07) is 9.89. The fourth-order valence-electron chi connectivity index (χ4n) is 2.90. The second kappa shape index (κ2) is 9.12. The van der Waals surface area contributed by atoms with Crippen LogP contribution < -0.4 is 0 Å². The molecule has 0 N–H and O–H groups in total. The molecule has 0 bridgehead atoms. The number of aryl methyl sites for hydroxylation is 2. The third kappa shape index (κ3) is 5.05. The van der Waals surface area contributed by atoms with Crippen LogP contribution in [0.1, 0.15) is 47.6 Å². The lowest BCUT2D eigenvalue weighted by Gasteiger charge is -2.08. The van der Waals surface area contributed by atoms with Crippen LogP contribution in [0, 0.1) is 13.8 Å². The fourth-order valence-corrected chi connectivity index (χ4v) is 3.72. The number of esters is 1. The van der Waals surface area contributed by atoms with Crippen LogP contribution in [0.4, 0.5) is 0 Å². The number of nitrogens with zero attached hydrogens (tertiary/aromatic N) is 3. The number of thiazole rings is 1. The van der Waals surface area contributed by atoms with Gasteiger partial charge in [-0.2, -0.15) is 5.10 Å². The normalized spacial score (nSPS) is 12.1. The summed E-state index contributed by atoms with van der Waals surface area (Å²) >= 11 is 1.50. The van der Waals surface area contributed by atoms with Crippen molar-refractivity contribution in [3.63, 3.8) is 0 Å². The van der Waals surface area contributed by atoms with E-state index in [1.807, 2.05) is 68.1 Å². The van der Waals surface area contributed by atoms with Crippen molar-refractivity contribution in [2.75, 3.05) is 6.61 Å². The Labute approximate surface area is 169 Å². The Hall–Kier alpha value is -2.51. The summed E-state index contributed by atoms with van der Waals surface area (Å²) < 4.78 is 12.8. The van der Waals surface area contributed by atoms with Gasteiger partial charge in [-0.25, -0.2) is 9.67 Å². The van der Waals surface area contributed by atoms with Crippen LogP contribution in [0.3, 0.4) is 0 Å². The Bertz CT molecular complexity index is 931. The van der Waals surface area contributed by atoms with Crippen LogP contribution in [0.2, 0.25) is 0 Å². The van der Waals surface area contributed by atoms with Crippen molar-refractivity contribution >= 4 is 17.3 Å². The molecule has 28 heavy (non-hydrogen) atoms. The monoisotopic (exact) mass is 399 g/mol. The van der Waals surface area contributed by atoms with E-state index in [0.29, 0.717) is 6.61 Å². The van der Waals surface area contributed by atoms with Crippen LogP contribution in [-0.2, 0) is 27.3 Å². The summed E-state index contributed by atoms with van der Waals surface area (Å²) in [6.07, 6.45) is 0.111. The topological polar surface area (TPSA) is 66.2 Å². The summed E-state index contributed by atoms with van der Waals surface area (Å²) in [7, 11) is 0. The van der Waals surface area contributed by atoms with Crippen LogP contribution in [-0.4, -0.2) is 27.3 Å². The maximum absolute atomic E-state index is 12.1. The minimum atomic E-state index is -0.288. The average molecular weight is 400 g/mol. The predicted octanol–water partition coefficient (Wildman–Crippen LogP) is 4.33. The Kier molecular flexibility index (Phi) is 6.59. The van der Waals surface area contributed by atoms with Crippen molar-refractivity contribution in [2.45, 2.75) is 46.8 Å². The van der Waals surface area contributed by atoms with Crippen molar-refractivity contribution < 1.29 is 14.3 Å². The molecular formula is C21H25N3O3S. The van der Waals surface area contributed by atoms with E-state index < -0.39 is 0 Å². The van der Waals surface area contributed by atoms with Crippen molar-refractivity contribution in [3.8, 4) is 5.69 Å². The number of carbonyl (C=O) groups excluding carboxylic acids is 1. The quantitative estimate of drug-likeness (QED) is 0.528. The van der Waals surface area contributed by atoms with Crippen molar-refractivity contribution in [1.82, 2.24) is 14.8 Å². The lowest BCUT2D eigenvalue weighted by molar-refractivity contribution is -0.144. The van der Waals surface area contributed by atoms with Crippen LogP contribution in [0.25, 0.3) is 5.69 Å². The van der Waals surface area contributed by atoms with Gasteiger partial charge in [0.2, 0.25) is 0 Å². The van der Waals surface area contributed by atoms with Crippen molar-refractivity contribution in [2.24, 2.45) is 0 Å². The lowest BCUT2D eigenvalue weighted by Crippen LogP contribution is -2.09. The Balaban J connectivity index is 1.53. The average Bonchev–Trinajstić information content (AvgIpc) is 3.27. The molecule has 0 aliphatic rings. The van der Waals surface area contributed by atoms with Crippen LogP contribution >= 0.6 is 11.3 Å². The fraction of sp³-hybridized carbons (Fsp3) is 0.381. The van der Waals surface area contributed by atoms with Gasteiger partial charge in [0.05, 0.1) is 23.5 Å². The molecule has 0 aliphatic heterocycles. The highest BCUT2D eigenvalue weighted by atomic mass is 32.1. The van der Waals surface area contributed by atoms with E-state index in [4.69, 9.17) is 9.47 Å². The van der Waals surface area contributed by atoms with E-state index >= 15 is 0 Å². The van der Waals surface area contributed by atoms with Gasteiger partial charge in [0.25, 0.3) is 0 Å². The number of aromatic nitrogens is 3. The van der Waals surface area contributed by atoms with Gasteiger partial charge in [-0.3, -0.25) is 4.79 Å². The second-order valence-corrected chi connectivity index (χ2v) is 7.51. The second-order valence-electron chi connectivity index (χ2n) is 6.62. The highest BCUT2D eigenvalue weighted by Crippen LogP contribution is 2.21. The lowest BCUT2D eigenvalue weighted by atomic mass is 10.2. The van der Waals surface area contributed by atoms with Crippen LogP contribution in [0.15, 0.2) is 35.7 Å². The van der Waals surface area contributed by atoms with Gasteiger partial charge < -0.3 is 9.47 Å². The molecule has 6 nitrogen and oxygen atoms in total. The van der Waals surface area contributed by atoms with E-state index in [2.05, 4.69) is 10.1 Å². The zero-order valence-electron chi connectivity index (χ0n) is 16.6. The maximum Gasteiger partial charge on any atom is 0.312 e. The molecule has 1 atom stereocenters. The van der Waals surface area contributed by atoms with E-state index in [9.17, 15) is 4.79 Å². The molecule has 0 amide bonds. The molecule has 0 spiro atoms. The summed E-state index contributed by atoms with van der Waals surface area (Å²) in [6.45, 7) is 8.78. The van der Waals surface area contributed by atoms with Gasteiger partial charge in [0, 0.05) is 17.7 Å². The summed E-state index contributed by atoms with van der Waals surface area (Å²) in [5.41, 5.74) is 4.70. The molecule has 2 aromatic heterocycles. The van der Waals surface area contributed by atoms with Gasteiger partial charge >= 0.3 is 5.97 Å². The third-order valence-electron chi connectivity index (χ3n) is 4.25. The van der Waals surface area contributed by atoms with Gasteiger partial charge in [0.1, 0.15) is 17.7 Å². The minimum Gasteiger partial charge on any atom is -0.461 e. The van der Waals surface area contributed by atoms with Crippen molar-refractivity contribution in [1.29, 1.82) is 0 Å². The first-order valence-electron chi connectivity index (χ1n) is 9.30. The molecule has 7 heteroatoms. The maximum atomic E-state index is 12.1. The number of hydrogen-bond acceptors (Lipinski definition) is 6. The molecule has 148 valence electrons. The Morgan fingerprint density at radius 2 is 2.00 bits per heavy atom. The molecule has 0 radical (unpaired) electrons. The molecule has 2 heterocycles. The number of ether oxygens (including phenoxy) is 2. The molecule has 0 fully saturated rings. The summed E-state index contributed by atoms with van der Waals surface area (Å²) in [5.74, 6) is -0.288.